The first-order valence-electron chi connectivity index (χ1n) is 16.3. The molecule has 0 aliphatic rings. The molecule has 2 aromatic heterocycles. The van der Waals surface area contributed by atoms with Gasteiger partial charge in [0, 0.05) is 49.4 Å². The predicted molar refractivity (Wildman–Crippen MR) is 201 cm³/mol. The zero-order chi connectivity index (χ0) is 35.1. The molecule has 6 rings (SSSR count). The first-order valence-corrected chi connectivity index (χ1v) is 16.3. The fraction of sp³-hybridized carbons (Fsp3) is 0.250. The van der Waals surface area contributed by atoms with Crippen molar-refractivity contribution in [2.45, 2.75) is 62.3 Å². The number of ketones is 1. The van der Waals surface area contributed by atoms with E-state index in [2.05, 4.69) is 85.3 Å². The average molecular weight is 827 g/mol. The Hall–Kier alpha value is -4.44. The van der Waals surface area contributed by atoms with Gasteiger partial charge in [-0.3, -0.25) is 4.79 Å². The van der Waals surface area contributed by atoms with E-state index in [9.17, 15) is 9.90 Å². The number of pyridine rings is 2. The van der Waals surface area contributed by atoms with Crippen molar-refractivity contribution in [3.8, 4) is 22.5 Å². The van der Waals surface area contributed by atoms with Crippen LogP contribution < -0.4 is 0 Å². The topological polar surface area (TPSA) is 63.1 Å². The second-order valence-electron chi connectivity index (χ2n) is 14.1. The van der Waals surface area contributed by atoms with Crippen molar-refractivity contribution in [2.24, 2.45) is 10.8 Å². The molecule has 0 amide bonds. The molecule has 49 heavy (non-hydrogen) atoms. The van der Waals surface area contributed by atoms with E-state index in [-0.39, 0.29) is 37.1 Å². The quantitative estimate of drug-likeness (QED) is 0.0835. The standard InChI is InChI=1S/C22H18N.C11H8N.C11H20O2.Ir/c1-14-5-4-6-17(13-14)22-21-10-9-18-16(3)15(2)7-8-19(18)20(21)11-12-23-22;1-2-6-10(7-3-1)11-8-4-5-9-12-11;1-10(2,3)8(12)7-9(13)11(4,5)6;/h4-5,7-13H,1-3H3;1-6,8-9H;7,12H,1-6H3;/q2*-1;;/b;;8-7-;. The molecule has 0 aliphatic carbocycles. The molecule has 1 radical (unpaired) electrons. The average Bonchev–Trinajstić information content (AvgIpc) is 3.06. The third-order valence-corrected chi connectivity index (χ3v) is 8.12. The van der Waals surface area contributed by atoms with Crippen LogP contribution in [-0.4, -0.2) is 20.9 Å². The molecule has 0 atom stereocenters. The van der Waals surface area contributed by atoms with E-state index in [1.54, 1.807) is 6.20 Å². The molecule has 255 valence electrons. The second-order valence-corrected chi connectivity index (χ2v) is 14.1. The van der Waals surface area contributed by atoms with Gasteiger partial charge in [0.25, 0.3) is 0 Å². The number of nitrogens with zero attached hydrogens (tertiary/aromatic N) is 2. The number of carbonyl (C=O) groups is 1. The molecular formula is C44H46IrN2O2-2. The number of aryl methyl sites for hydroxylation is 3. The smallest absolute Gasteiger partial charge is 0.164 e. The zero-order valence-corrected chi connectivity index (χ0v) is 32.4. The van der Waals surface area contributed by atoms with E-state index >= 15 is 0 Å². The maximum Gasteiger partial charge on any atom is 0.164 e. The van der Waals surface area contributed by atoms with Gasteiger partial charge >= 0.3 is 0 Å². The first kappa shape index (κ1) is 39.0. The molecule has 2 heterocycles. The van der Waals surface area contributed by atoms with Crippen LogP contribution >= 0.6 is 0 Å². The Morgan fingerprint density at radius 2 is 1.33 bits per heavy atom. The summed E-state index contributed by atoms with van der Waals surface area (Å²) < 4.78 is 0. The number of fused-ring (bicyclic) bond motifs is 3. The largest absolute Gasteiger partial charge is 0.512 e. The summed E-state index contributed by atoms with van der Waals surface area (Å²) in [5, 5.41) is 14.6. The maximum absolute atomic E-state index is 11.5. The van der Waals surface area contributed by atoms with Gasteiger partial charge in [0.1, 0.15) is 5.76 Å². The second kappa shape index (κ2) is 16.8. The number of rotatable bonds is 3. The van der Waals surface area contributed by atoms with Crippen molar-refractivity contribution in [3.05, 3.63) is 144 Å². The van der Waals surface area contributed by atoms with Crippen molar-refractivity contribution in [2.75, 3.05) is 0 Å². The summed E-state index contributed by atoms with van der Waals surface area (Å²) in [4.78, 5) is 20.3. The number of allylic oxidation sites excluding steroid dienone is 2. The Morgan fingerprint density at radius 3 is 1.94 bits per heavy atom. The van der Waals surface area contributed by atoms with Gasteiger partial charge in [-0.2, -0.15) is 0 Å². The first-order chi connectivity index (χ1) is 22.7. The molecular weight excluding hydrogens is 781 g/mol. The number of carbonyl (C=O) groups excluding carboxylic acids is 1. The molecule has 4 aromatic carbocycles. The van der Waals surface area contributed by atoms with Crippen molar-refractivity contribution < 1.29 is 30.0 Å². The van der Waals surface area contributed by atoms with Crippen LogP contribution in [0.4, 0.5) is 0 Å². The maximum atomic E-state index is 11.5. The molecule has 0 spiro atoms. The summed E-state index contributed by atoms with van der Waals surface area (Å²) in [6.45, 7) is 17.6. The summed E-state index contributed by atoms with van der Waals surface area (Å²) >= 11 is 0. The van der Waals surface area contributed by atoms with Crippen molar-refractivity contribution in [3.63, 3.8) is 0 Å². The minimum absolute atomic E-state index is 0. The van der Waals surface area contributed by atoms with E-state index in [0.29, 0.717) is 0 Å². The van der Waals surface area contributed by atoms with Gasteiger partial charge in [0.15, 0.2) is 5.78 Å². The number of hydrogen-bond donors (Lipinski definition) is 1. The molecule has 0 bridgehead atoms. The van der Waals surface area contributed by atoms with Gasteiger partial charge in [-0.25, -0.2) is 0 Å². The van der Waals surface area contributed by atoms with Crippen LogP contribution in [0.3, 0.4) is 0 Å². The summed E-state index contributed by atoms with van der Waals surface area (Å²) in [6, 6.07) is 37.3. The summed E-state index contributed by atoms with van der Waals surface area (Å²) in [6.07, 6.45) is 5.03. The Morgan fingerprint density at radius 1 is 0.673 bits per heavy atom. The number of aromatic nitrogens is 2. The van der Waals surface area contributed by atoms with Gasteiger partial charge in [-0.05, 0) is 70.0 Å². The fourth-order valence-corrected chi connectivity index (χ4v) is 4.89. The van der Waals surface area contributed by atoms with Crippen LogP contribution in [0.1, 0.15) is 58.2 Å². The summed E-state index contributed by atoms with van der Waals surface area (Å²) in [5.41, 5.74) is 7.22. The predicted octanol–water partition coefficient (Wildman–Crippen LogP) is 11.4. The normalized spacial score (nSPS) is 11.5. The Balaban J connectivity index is 0.000000215. The monoisotopic (exact) mass is 827 g/mol. The van der Waals surface area contributed by atoms with Gasteiger partial charge in [0.05, 0.1) is 0 Å². The van der Waals surface area contributed by atoms with Crippen LogP contribution in [0.15, 0.2) is 115 Å². The van der Waals surface area contributed by atoms with E-state index in [1.807, 2.05) is 96.3 Å². The summed E-state index contributed by atoms with van der Waals surface area (Å²) in [5.74, 6) is 0.104. The van der Waals surface area contributed by atoms with E-state index in [4.69, 9.17) is 0 Å². The Kier molecular flexibility index (Phi) is 13.4. The number of aliphatic hydroxyl groups excluding tert-OH is 1. The molecule has 5 heteroatoms. The van der Waals surface area contributed by atoms with Crippen LogP contribution in [-0.2, 0) is 24.9 Å². The molecule has 1 N–H and O–H groups in total. The number of hydrogen-bond acceptors (Lipinski definition) is 4. The van der Waals surface area contributed by atoms with E-state index in [1.165, 1.54) is 44.3 Å². The molecule has 6 aromatic rings. The van der Waals surface area contributed by atoms with Gasteiger partial charge in [-0.15, -0.1) is 71.3 Å². The van der Waals surface area contributed by atoms with Crippen molar-refractivity contribution in [1.82, 2.24) is 9.97 Å². The Labute approximate surface area is 305 Å². The van der Waals surface area contributed by atoms with Gasteiger partial charge < -0.3 is 15.1 Å². The SMILES string of the molecule is CC(C)(C)C(=O)/C=C(\O)C(C)(C)C.Cc1cc[c-]c(-c2nccc3c2ccc2c(C)c(C)ccc23)c1.[Ir].[c-]1ccccc1-c1ccccn1. The number of benzene rings is 4. The summed E-state index contributed by atoms with van der Waals surface area (Å²) in [7, 11) is 0. The minimum atomic E-state index is -0.417. The third-order valence-electron chi connectivity index (χ3n) is 8.12. The Bertz CT molecular complexity index is 2000. The fourth-order valence-electron chi connectivity index (χ4n) is 4.89. The van der Waals surface area contributed by atoms with Crippen molar-refractivity contribution in [1.29, 1.82) is 0 Å². The zero-order valence-electron chi connectivity index (χ0n) is 30.0. The van der Waals surface area contributed by atoms with Crippen molar-refractivity contribution >= 4 is 27.3 Å². The minimum Gasteiger partial charge on any atom is -0.512 e. The molecule has 4 nitrogen and oxygen atoms in total. The van der Waals surface area contributed by atoms with E-state index in [0.717, 1.165) is 22.5 Å². The van der Waals surface area contributed by atoms with Crippen LogP contribution in [0, 0.1) is 43.7 Å². The van der Waals surface area contributed by atoms with Crippen LogP contribution in [0.25, 0.3) is 44.1 Å². The molecule has 0 unspecified atom stereocenters. The van der Waals surface area contributed by atoms with Crippen LogP contribution in [0.5, 0.6) is 0 Å². The molecule has 0 saturated carbocycles. The van der Waals surface area contributed by atoms with Gasteiger partial charge in [-0.1, -0.05) is 84.9 Å². The van der Waals surface area contributed by atoms with Crippen LogP contribution in [0.2, 0.25) is 0 Å². The molecule has 0 saturated heterocycles. The van der Waals surface area contributed by atoms with E-state index < -0.39 is 5.41 Å². The van der Waals surface area contributed by atoms with Gasteiger partial charge in [0.2, 0.25) is 0 Å². The molecule has 0 aliphatic heterocycles. The molecule has 0 fully saturated rings. The number of aliphatic hydroxyl groups is 1. The third kappa shape index (κ3) is 10.3.